The van der Waals surface area contributed by atoms with Crippen LogP contribution in [-0.2, 0) is 0 Å². The maximum Gasteiger partial charge on any atom is 0.279 e. The van der Waals surface area contributed by atoms with Gasteiger partial charge in [0.05, 0.1) is 46.0 Å². The van der Waals surface area contributed by atoms with E-state index >= 15 is 0 Å². The first-order valence-corrected chi connectivity index (χ1v) is 9.72. The number of pyridine rings is 1. The van der Waals surface area contributed by atoms with Crippen LogP contribution in [-0.4, -0.2) is 23.7 Å². The number of anilines is 1. The standard InChI is InChI=1S/C23H13F4N5O2/c24-20(25)18-13(9-28)17(14(10-29)19(31-18)21(26)27)16-8-12-15(34-16)6-7-30-22(12)32-23(33)11-4-2-1-3-5-11/h1-8,17,20-21,31H,(H,30,32,33). The van der Waals surface area contributed by atoms with Crippen molar-refractivity contribution < 1.29 is 26.8 Å². The van der Waals surface area contributed by atoms with Crippen LogP contribution in [0.15, 0.2) is 75.6 Å². The van der Waals surface area contributed by atoms with Crippen molar-refractivity contribution in [1.82, 2.24) is 10.3 Å². The summed E-state index contributed by atoms with van der Waals surface area (Å²) >= 11 is 0. The number of carbonyl (C=O) groups excluding carboxylic acids is 1. The number of hydrogen-bond acceptors (Lipinski definition) is 6. The number of dihydropyridines is 1. The number of furan rings is 1. The highest BCUT2D eigenvalue weighted by Gasteiger charge is 2.39. The number of aromatic nitrogens is 1. The van der Waals surface area contributed by atoms with Gasteiger partial charge in [-0.1, -0.05) is 18.2 Å². The molecule has 1 aliphatic rings. The van der Waals surface area contributed by atoms with E-state index in [4.69, 9.17) is 4.42 Å². The van der Waals surface area contributed by atoms with Gasteiger partial charge in [-0.05, 0) is 24.3 Å². The van der Waals surface area contributed by atoms with E-state index < -0.39 is 47.2 Å². The van der Waals surface area contributed by atoms with Gasteiger partial charge < -0.3 is 15.1 Å². The van der Waals surface area contributed by atoms with Gasteiger partial charge in [-0.3, -0.25) is 4.79 Å². The van der Waals surface area contributed by atoms with Crippen molar-refractivity contribution in [2.24, 2.45) is 0 Å². The Bertz CT molecular complexity index is 1370. The minimum absolute atomic E-state index is 0.0587. The van der Waals surface area contributed by atoms with Gasteiger partial charge in [-0.25, -0.2) is 22.5 Å². The van der Waals surface area contributed by atoms with Gasteiger partial charge in [0.15, 0.2) is 0 Å². The number of nitrogens with one attached hydrogen (secondary N) is 2. The third-order valence-electron chi connectivity index (χ3n) is 5.12. The summed E-state index contributed by atoms with van der Waals surface area (Å²) in [5.74, 6) is -2.23. The van der Waals surface area contributed by atoms with Crippen LogP contribution < -0.4 is 10.6 Å². The van der Waals surface area contributed by atoms with Crippen molar-refractivity contribution in [2.75, 3.05) is 5.32 Å². The fraction of sp³-hybridized carbons (Fsp3) is 0.130. The van der Waals surface area contributed by atoms with Crippen molar-refractivity contribution in [3.63, 3.8) is 0 Å². The molecule has 3 aromatic rings. The Balaban J connectivity index is 1.84. The first-order valence-electron chi connectivity index (χ1n) is 9.72. The second-order valence-corrected chi connectivity index (χ2v) is 7.08. The first kappa shape index (κ1) is 22.6. The number of allylic oxidation sites excluding steroid dienone is 4. The Morgan fingerprint density at radius 3 is 2.21 bits per heavy atom. The molecule has 0 unspecified atom stereocenters. The monoisotopic (exact) mass is 467 g/mol. The van der Waals surface area contributed by atoms with Crippen molar-refractivity contribution in [2.45, 2.75) is 18.8 Å². The highest BCUT2D eigenvalue weighted by Crippen LogP contribution is 2.42. The molecule has 0 aliphatic carbocycles. The average Bonchev–Trinajstić information content (AvgIpc) is 3.27. The summed E-state index contributed by atoms with van der Waals surface area (Å²) < 4.78 is 60.0. The van der Waals surface area contributed by atoms with Crippen LogP contribution in [0.25, 0.3) is 11.0 Å². The molecular formula is C23H13F4N5O2. The molecule has 1 aromatic carbocycles. The summed E-state index contributed by atoms with van der Waals surface area (Å²) in [7, 11) is 0. The molecule has 2 N–H and O–H groups in total. The van der Waals surface area contributed by atoms with E-state index in [2.05, 4.69) is 10.3 Å². The van der Waals surface area contributed by atoms with Gasteiger partial charge >= 0.3 is 0 Å². The molecule has 2 aromatic heterocycles. The summed E-state index contributed by atoms with van der Waals surface area (Å²) in [6.45, 7) is 0. The quantitative estimate of drug-likeness (QED) is 0.519. The minimum atomic E-state index is -3.28. The maximum atomic E-state index is 13.6. The smallest absolute Gasteiger partial charge is 0.279 e. The van der Waals surface area contributed by atoms with Crippen LogP contribution in [0, 0.1) is 22.7 Å². The Morgan fingerprint density at radius 1 is 1.03 bits per heavy atom. The summed E-state index contributed by atoms with van der Waals surface area (Å²) in [6, 6.07) is 14.1. The zero-order valence-electron chi connectivity index (χ0n) is 17.0. The highest BCUT2D eigenvalue weighted by molar-refractivity contribution is 6.07. The molecule has 7 nitrogen and oxygen atoms in total. The summed E-state index contributed by atoms with van der Waals surface area (Å²) in [5, 5.41) is 23.8. The maximum absolute atomic E-state index is 13.6. The van der Waals surface area contributed by atoms with Gasteiger partial charge in [0.1, 0.15) is 17.2 Å². The molecule has 1 aliphatic heterocycles. The van der Waals surface area contributed by atoms with Crippen LogP contribution >= 0.6 is 0 Å². The van der Waals surface area contributed by atoms with Crippen LogP contribution in [0.4, 0.5) is 23.4 Å². The summed E-state index contributed by atoms with van der Waals surface area (Å²) in [6.07, 6.45) is -5.24. The lowest BCUT2D eigenvalue weighted by molar-refractivity contribution is 0.102. The number of alkyl halides is 4. The third kappa shape index (κ3) is 3.95. The molecule has 170 valence electrons. The lowest BCUT2D eigenvalue weighted by Crippen LogP contribution is -2.32. The van der Waals surface area contributed by atoms with Gasteiger partial charge in [0.25, 0.3) is 18.8 Å². The zero-order valence-corrected chi connectivity index (χ0v) is 17.0. The van der Waals surface area contributed by atoms with E-state index in [-0.39, 0.29) is 22.5 Å². The van der Waals surface area contributed by atoms with Crippen LogP contribution in [0.1, 0.15) is 22.0 Å². The number of amides is 1. The number of rotatable bonds is 5. The number of hydrogen-bond donors (Lipinski definition) is 2. The molecule has 0 spiro atoms. The number of carbonyl (C=O) groups is 1. The summed E-state index contributed by atoms with van der Waals surface area (Å²) in [5.41, 5.74) is -2.83. The number of halogens is 4. The minimum Gasteiger partial charge on any atom is -0.460 e. The van der Waals surface area contributed by atoms with Crippen molar-refractivity contribution in [3.05, 3.63) is 82.5 Å². The van der Waals surface area contributed by atoms with Gasteiger partial charge in [-0.15, -0.1) is 0 Å². The molecule has 0 fully saturated rings. The van der Waals surface area contributed by atoms with Crippen molar-refractivity contribution in [3.8, 4) is 12.1 Å². The largest absolute Gasteiger partial charge is 0.460 e. The van der Waals surface area contributed by atoms with E-state index in [9.17, 15) is 32.9 Å². The topological polar surface area (TPSA) is 115 Å². The van der Waals surface area contributed by atoms with Crippen molar-refractivity contribution >= 4 is 22.7 Å². The molecular weight excluding hydrogens is 454 g/mol. The van der Waals surface area contributed by atoms with Gasteiger partial charge in [0.2, 0.25) is 0 Å². The lowest BCUT2D eigenvalue weighted by atomic mass is 9.84. The molecule has 0 radical (unpaired) electrons. The first-order chi connectivity index (χ1) is 16.3. The molecule has 11 heteroatoms. The van der Waals surface area contributed by atoms with Crippen molar-refractivity contribution in [1.29, 1.82) is 10.5 Å². The fourth-order valence-corrected chi connectivity index (χ4v) is 3.61. The Labute approximate surface area is 189 Å². The molecule has 3 heterocycles. The molecule has 0 atom stereocenters. The van der Waals surface area contributed by atoms with Crippen LogP contribution in [0.5, 0.6) is 0 Å². The number of nitriles is 2. The second-order valence-electron chi connectivity index (χ2n) is 7.08. The predicted octanol–water partition coefficient (Wildman–Crippen LogP) is 4.85. The van der Waals surface area contributed by atoms with Gasteiger partial charge in [0, 0.05) is 11.8 Å². The second kappa shape index (κ2) is 9.08. The van der Waals surface area contributed by atoms with Crippen LogP contribution in [0.3, 0.4) is 0 Å². The lowest BCUT2D eigenvalue weighted by Gasteiger charge is -2.26. The van der Waals surface area contributed by atoms with E-state index in [1.807, 2.05) is 5.32 Å². The Hall–Kier alpha value is -4.64. The molecule has 0 saturated heterocycles. The van der Waals surface area contributed by atoms with E-state index in [0.717, 1.165) is 0 Å². The fourth-order valence-electron chi connectivity index (χ4n) is 3.61. The van der Waals surface area contributed by atoms with Crippen LogP contribution in [0.2, 0.25) is 0 Å². The number of nitrogens with zero attached hydrogens (tertiary/aromatic N) is 3. The summed E-state index contributed by atoms with van der Waals surface area (Å²) in [4.78, 5) is 16.6. The number of benzene rings is 1. The highest BCUT2D eigenvalue weighted by atomic mass is 19.3. The zero-order chi connectivity index (χ0) is 24.4. The third-order valence-corrected chi connectivity index (χ3v) is 5.12. The average molecular weight is 467 g/mol. The molecule has 4 rings (SSSR count). The molecule has 1 amide bonds. The molecule has 0 saturated carbocycles. The SMILES string of the molecule is N#CC1=C(C(F)F)NC(C(F)F)=C(C#N)C1c1cc2c(NC(=O)c3ccccc3)nccc2o1. The predicted molar refractivity (Wildman–Crippen MR) is 112 cm³/mol. The van der Waals surface area contributed by atoms with E-state index in [1.165, 1.54) is 18.3 Å². The Morgan fingerprint density at radius 2 is 1.65 bits per heavy atom. The Kier molecular flexibility index (Phi) is 6.02. The van der Waals surface area contributed by atoms with E-state index in [1.54, 1.807) is 42.5 Å². The van der Waals surface area contributed by atoms with Gasteiger partial charge in [-0.2, -0.15) is 10.5 Å². The number of fused-ring (bicyclic) bond motifs is 1. The van der Waals surface area contributed by atoms with E-state index in [0.29, 0.717) is 5.56 Å². The molecule has 34 heavy (non-hydrogen) atoms. The molecule has 0 bridgehead atoms. The normalized spacial score (nSPS) is 14.4.